The summed E-state index contributed by atoms with van der Waals surface area (Å²) in [6, 6.07) is 4.68. The fraction of sp³-hybridized carbons (Fsp3) is 0.267. The number of rotatable bonds is 5. The van der Waals surface area contributed by atoms with E-state index in [-0.39, 0.29) is 10.8 Å². The fourth-order valence-electron chi connectivity index (χ4n) is 2.35. The average molecular weight is 402 g/mol. The minimum atomic E-state index is -1.12. The normalized spacial score (nSPS) is 16.4. The van der Waals surface area contributed by atoms with Crippen LogP contribution >= 0.6 is 35.0 Å². The summed E-state index contributed by atoms with van der Waals surface area (Å²) in [5, 5.41) is 13.0. The van der Waals surface area contributed by atoms with Gasteiger partial charge in [0.15, 0.2) is 11.8 Å². The number of carboxylic acid groups (broad SMARTS) is 1. The molecule has 0 aromatic heterocycles. The molecule has 0 saturated carbocycles. The molecular weight excluding hydrogens is 389 g/mol. The Labute approximate surface area is 157 Å². The van der Waals surface area contributed by atoms with Crippen molar-refractivity contribution in [3.63, 3.8) is 0 Å². The molecule has 0 aliphatic carbocycles. The van der Waals surface area contributed by atoms with E-state index in [1.807, 2.05) is 0 Å². The summed E-state index contributed by atoms with van der Waals surface area (Å²) in [5.74, 6) is -1.36. The quantitative estimate of drug-likeness (QED) is 0.787. The highest BCUT2D eigenvalue weighted by molar-refractivity contribution is 8.18. The maximum Gasteiger partial charge on any atom is 0.341 e. The van der Waals surface area contributed by atoms with Crippen molar-refractivity contribution in [3.8, 4) is 0 Å². The summed E-state index contributed by atoms with van der Waals surface area (Å²) in [7, 11) is 0. The highest BCUT2D eigenvalue weighted by Crippen LogP contribution is 2.37. The van der Waals surface area contributed by atoms with Gasteiger partial charge in [-0.15, -0.1) is 0 Å². The highest BCUT2D eigenvalue weighted by atomic mass is 35.5. The van der Waals surface area contributed by atoms with Crippen LogP contribution < -0.4 is 5.32 Å². The van der Waals surface area contributed by atoms with Gasteiger partial charge in [0.25, 0.3) is 5.91 Å². The van der Waals surface area contributed by atoms with E-state index in [9.17, 15) is 9.59 Å². The molecule has 0 radical (unpaired) electrons. The second-order valence-electron chi connectivity index (χ2n) is 5.20. The summed E-state index contributed by atoms with van der Waals surface area (Å²) in [6.07, 6.45) is 0.794. The first kappa shape index (κ1) is 17.9. The van der Waals surface area contributed by atoms with Gasteiger partial charge in [0.1, 0.15) is 4.91 Å². The minimum absolute atomic E-state index is 0.205. The molecule has 0 saturated heterocycles. The lowest BCUT2D eigenvalue weighted by Gasteiger charge is -2.24. The topological polar surface area (TPSA) is 91.2 Å². The van der Waals surface area contributed by atoms with Crippen molar-refractivity contribution in [2.75, 3.05) is 25.0 Å². The number of anilines is 1. The third kappa shape index (κ3) is 4.20. The number of nitrogens with one attached hydrogen (secondary N) is 1. The van der Waals surface area contributed by atoms with Crippen LogP contribution in [0.3, 0.4) is 0 Å². The van der Waals surface area contributed by atoms with Crippen LogP contribution in [0, 0.1) is 0 Å². The number of hydrogen-bond acceptors (Lipinski definition) is 6. The molecule has 1 aromatic carbocycles. The van der Waals surface area contributed by atoms with Crippen LogP contribution in [0.15, 0.2) is 34.0 Å². The number of nitrogens with zero attached hydrogens (tertiary/aromatic N) is 2. The number of carbonyl (C=O) groups is 2. The first-order valence-electron chi connectivity index (χ1n) is 7.30. The lowest BCUT2D eigenvalue weighted by molar-refractivity contribution is -0.141. The standard InChI is InChI=1S/C15H13Cl2N3O4S/c16-8-4-9(17)6-10(5-8)19-13(23)12-14(24-7-11(21)22)20-3-1-2-18-15(20)25-12/h4-6H,1-3,7H2,(H,19,23)(H,21,22). The Morgan fingerprint density at radius 1 is 1.32 bits per heavy atom. The molecule has 1 amide bonds. The van der Waals surface area contributed by atoms with Crippen LogP contribution in [0.1, 0.15) is 6.42 Å². The number of aliphatic carboxylic acids is 1. The molecule has 0 spiro atoms. The zero-order valence-corrected chi connectivity index (χ0v) is 15.1. The van der Waals surface area contributed by atoms with Gasteiger partial charge in [0.05, 0.1) is 0 Å². The molecule has 2 N–H and O–H groups in total. The van der Waals surface area contributed by atoms with E-state index in [0.717, 1.165) is 18.2 Å². The molecule has 1 aromatic rings. The Hall–Kier alpha value is -1.90. The molecular formula is C15H13Cl2N3O4S. The molecule has 25 heavy (non-hydrogen) atoms. The van der Waals surface area contributed by atoms with Gasteiger partial charge in [-0.2, -0.15) is 0 Å². The number of halogens is 2. The second-order valence-corrected chi connectivity index (χ2v) is 7.05. The summed E-state index contributed by atoms with van der Waals surface area (Å²) in [6.45, 7) is 0.726. The number of thioether (sulfide) groups is 1. The third-order valence-corrected chi connectivity index (χ3v) is 4.84. The zero-order chi connectivity index (χ0) is 18.0. The Bertz CT molecular complexity index is 777. The van der Waals surface area contributed by atoms with Crippen molar-refractivity contribution in [1.29, 1.82) is 0 Å². The smallest absolute Gasteiger partial charge is 0.341 e. The molecule has 10 heteroatoms. The summed E-state index contributed by atoms with van der Waals surface area (Å²) >= 11 is 13.0. The van der Waals surface area contributed by atoms with Gasteiger partial charge in [-0.1, -0.05) is 23.2 Å². The molecule has 2 heterocycles. The molecule has 2 aliphatic heterocycles. The number of carbonyl (C=O) groups excluding carboxylic acids is 1. The number of amidine groups is 1. The largest absolute Gasteiger partial charge is 0.479 e. The average Bonchev–Trinajstić information content (AvgIpc) is 2.90. The lowest BCUT2D eigenvalue weighted by Crippen LogP contribution is -2.31. The van der Waals surface area contributed by atoms with E-state index in [0.29, 0.717) is 34.0 Å². The van der Waals surface area contributed by atoms with Gasteiger partial charge in [0.2, 0.25) is 5.88 Å². The summed E-state index contributed by atoms with van der Waals surface area (Å²) in [5.41, 5.74) is 0.431. The van der Waals surface area contributed by atoms with Crippen LogP contribution in [-0.2, 0) is 14.3 Å². The number of fused-ring (bicyclic) bond motifs is 1. The number of hydrogen-bond donors (Lipinski definition) is 2. The highest BCUT2D eigenvalue weighted by Gasteiger charge is 2.36. The van der Waals surface area contributed by atoms with Crippen molar-refractivity contribution in [2.24, 2.45) is 4.99 Å². The van der Waals surface area contributed by atoms with Gasteiger partial charge in [-0.05, 0) is 36.4 Å². The van der Waals surface area contributed by atoms with E-state index >= 15 is 0 Å². The molecule has 3 rings (SSSR count). The minimum Gasteiger partial charge on any atom is -0.479 e. The summed E-state index contributed by atoms with van der Waals surface area (Å²) in [4.78, 5) is 29.8. The van der Waals surface area contributed by atoms with E-state index in [1.165, 1.54) is 0 Å². The van der Waals surface area contributed by atoms with E-state index in [4.69, 9.17) is 33.0 Å². The van der Waals surface area contributed by atoms with Crippen molar-refractivity contribution < 1.29 is 19.4 Å². The summed E-state index contributed by atoms with van der Waals surface area (Å²) < 4.78 is 5.34. The van der Waals surface area contributed by atoms with Crippen LogP contribution in [0.5, 0.6) is 0 Å². The maximum atomic E-state index is 12.7. The van der Waals surface area contributed by atoms with Crippen LogP contribution in [0.4, 0.5) is 5.69 Å². The van der Waals surface area contributed by atoms with Gasteiger partial charge in [0, 0.05) is 28.8 Å². The zero-order valence-electron chi connectivity index (χ0n) is 12.8. The monoisotopic (exact) mass is 401 g/mol. The first-order valence-corrected chi connectivity index (χ1v) is 8.87. The Morgan fingerprint density at radius 3 is 2.72 bits per heavy atom. The predicted molar refractivity (Wildman–Crippen MR) is 96.9 cm³/mol. The van der Waals surface area contributed by atoms with E-state index in [1.54, 1.807) is 23.1 Å². The van der Waals surface area contributed by atoms with Gasteiger partial charge in [-0.25, -0.2) is 4.79 Å². The molecule has 7 nitrogen and oxygen atoms in total. The molecule has 2 aliphatic rings. The second kappa shape index (κ2) is 7.55. The van der Waals surface area contributed by atoms with Gasteiger partial charge < -0.3 is 15.2 Å². The SMILES string of the molecule is O=C(O)COC1=C(C(=O)Nc2cc(Cl)cc(Cl)c2)SC2=NCCCN21. The number of amides is 1. The Morgan fingerprint density at radius 2 is 2.04 bits per heavy atom. The van der Waals surface area contributed by atoms with Crippen molar-refractivity contribution in [1.82, 2.24) is 4.90 Å². The maximum absolute atomic E-state index is 12.7. The van der Waals surface area contributed by atoms with E-state index < -0.39 is 18.5 Å². The van der Waals surface area contributed by atoms with E-state index in [2.05, 4.69) is 10.3 Å². The lowest BCUT2D eigenvalue weighted by atomic mass is 10.3. The Kier molecular flexibility index (Phi) is 5.41. The molecule has 0 unspecified atom stereocenters. The van der Waals surface area contributed by atoms with Crippen molar-refractivity contribution in [3.05, 3.63) is 39.0 Å². The van der Waals surface area contributed by atoms with Crippen molar-refractivity contribution >= 4 is 57.7 Å². The Balaban J connectivity index is 1.86. The van der Waals surface area contributed by atoms with Crippen molar-refractivity contribution in [2.45, 2.75) is 6.42 Å². The number of ether oxygens (including phenoxy) is 1. The van der Waals surface area contributed by atoms with Gasteiger partial charge >= 0.3 is 5.97 Å². The van der Waals surface area contributed by atoms with Gasteiger partial charge in [-0.3, -0.25) is 14.7 Å². The molecule has 0 atom stereocenters. The molecule has 0 bridgehead atoms. The van der Waals surface area contributed by atoms with Crippen LogP contribution in [0.2, 0.25) is 10.0 Å². The molecule has 132 valence electrons. The first-order chi connectivity index (χ1) is 11.9. The van der Waals surface area contributed by atoms with Crippen LogP contribution in [0.25, 0.3) is 0 Å². The number of benzene rings is 1. The fourth-order valence-corrected chi connectivity index (χ4v) is 3.90. The predicted octanol–water partition coefficient (Wildman–Crippen LogP) is 3.01. The van der Waals surface area contributed by atoms with Crippen LogP contribution in [-0.4, -0.2) is 46.7 Å². The number of carboxylic acids is 1. The molecule has 0 fully saturated rings. The third-order valence-electron chi connectivity index (χ3n) is 3.31. The number of aliphatic imine (C=N–C) groups is 1.